The lowest BCUT2D eigenvalue weighted by atomic mass is 10.1. The Kier molecular flexibility index (Phi) is 7.78. The summed E-state index contributed by atoms with van der Waals surface area (Å²) in [6, 6.07) is 13.3. The normalized spacial score (nSPS) is 12.8. The fourth-order valence-electron chi connectivity index (χ4n) is 5.02. The van der Waals surface area contributed by atoms with Gasteiger partial charge in [0.05, 0.1) is 54.2 Å². The number of halogens is 1. The summed E-state index contributed by atoms with van der Waals surface area (Å²) in [6.07, 6.45) is 3.49. The van der Waals surface area contributed by atoms with E-state index in [1.54, 1.807) is 36.2 Å². The number of hydrogen-bond donors (Lipinski definition) is 0. The van der Waals surface area contributed by atoms with Crippen molar-refractivity contribution >= 4 is 17.0 Å². The van der Waals surface area contributed by atoms with Gasteiger partial charge < -0.3 is 18.8 Å². The molecule has 6 rings (SSSR count). The highest BCUT2D eigenvalue weighted by molar-refractivity contribution is 5.93. The highest BCUT2D eigenvalue weighted by Gasteiger charge is 2.25. The molecule has 0 saturated carbocycles. The number of hydrogen-bond acceptors (Lipinski definition) is 10. The number of imidazole rings is 1. The van der Waals surface area contributed by atoms with Crippen LogP contribution in [-0.2, 0) is 42.3 Å². The van der Waals surface area contributed by atoms with Gasteiger partial charge in [-0.2, -0.15) is 15.3 Å². The van der Waals surface area contributed by atoms with Gasteiger partial charge >= 0.3 is 12.0 Å². The minimum absolute atomic E-state index is 0.0787. The predicted molar refractivity (Wildman–Crippen MR) is 151 cm³/mol. The molecule has 4 heterocycles. The van der Waals surface area contributed by atoms with Crippen molar-refractivity contribution in [2.24, 2.45) is 0 Å². The minimum Gasteiger partial charge on any atom is -0.465 e. The molecule has 0 fully saturated rings. The van der Waals surface area contributed by atoms with E-state index in [0.29, 0.717) is 49.7 Å². The van der Waals surface area contributed by atoms with E-state index in [4.69, 9.17) is 29.6 Å². The van der Waals surface area contributed by atoms with Crippen LogP contribution >= 0.6 is 0 Å². The van der Waals surface area contributed by atoms with Crippen LogP contribution in [0.15, 0.2) is 54.9 Å². The molecule has 0 atom stereocenters. The molecule has 2 aromatic carbocycles. The summed E-state index contributed by atoms with van der Waals surface area (Å²) in [6.45, 7) is 2.89. The van der Waals surface area contributed by atoms with Gasteiger partial charge in [0.15, 0.2) is 5.82 Å². The number of aromatic nitrogens is 6. The zero-order valence-corrected chi connectivity index (χ0v) is 23.5. The van der Waals surface area contributed by atoms with E-state index in [-0.39, 0.29) is 18.2 Å². The summed E-state index contributed by atoms with van der Waals surface area (Å²) in [4.78, 5) is 27.8. The van der Waals surface area contributed by atoms with Crippen LogP contribution < -0.4 is 4.74 Å². The Balaban J connectivity index is 1.15. The monoisotopic (exact) mass is 582 g/mol. The fraction of sp³-hybridized carbons (Fsp3) is 0.267. The maximum atomic E-state index is 14.2. The average molecular weight is 583 g/mol. The van der Waals surface area contributed by atoms with Crippen molar-refractivity contribution in [2.45, 2.75) is 32.8 Å². The van der Waals surface area contributed by atoms with Crippen LogP contribution in [0.2, 0.25) is 0 Å². The maximum absolute atomic E-state index is 14.2. The molecule has 0 N–H and O–H groups in total. The van der Waals surface area contributed by atoms with Gasteiger partial charge in [0.1, 0.15) is 18.2 Å². The largest absolute Gasteiger partial charge is 0.465 e. The van der Waals surface area contributed by atoms with Gasteiger partial charge in [-0.05, 0) is 30.3 Å². The second-order valence-corrected chi connectivity index (χ2v) is 9.96. The number of carbonyl (C=O) groups excluding carboxylic acids is 1. The lowest BCUT2D eigenvalue weighted by Gasteiger charge is -2.16. The van der Waals surface area contributed by atoms with Gasteiger partial charge in [0.2, 0.25) is 0 Å². The Morgan fingerprint density at radius 3 is 2.77 bits per heavy atom. The number of rotatable bonds is 10. The Hall–Kier alpha value is -5.19. The zero-order valence-electron chi connectivity index (χ0n) is 23.5. The molecular formula is C30H27FN8O4. The summed E-state index contributed by atoms with van der Waals surface area (Å²) in [5, 5.41) is 13.7. The third-order valence-corrected chi connectivity index (χ3v) is 7.17. The molecule has 0 bridgehead atoms. The Morgan fingerprint density at radius 1 is 1.12 bits per heavy atom. The molecule has 0 aliphatic carbocycles. The van der Waals surface area contributed by atoms with E-state index in [2.05, 4.69) is 19.4 Å². The van der Waals surface area contributed by atoms with Crippen molar-refractivity contribution in [2.75, 3.05) is 20.8 Å². The summed E-state index contributed by atoms with van der Waals surface area (Å²) in [5.41, 5.74) is 4.64. The van der Waals surface area contributed by atoms with Gasteiger partial charge in [0, 0.05) is 56.3 Å². The number of nitriles is 1. The quantitative estimate of drug-likeness (QED) is 0.225. The van der Waals surface area contributed by atoms with Crippen LogP contribution in [0.4, 0.5) is 4.39 Å². The van der Waals surface area contributed by atoms with Gasteiger partial charge in [-0.1, -0.05) is 6.07 Å². The summed E-state index contributed by atoms with van der Waals surface area (Å²) >= 11 is 0. The van der Waals surface area contributed by atoms with Crippen LogP contribution in [0.5, 0.6) is 6.01 Å². The number of ether oxygens (including phenoxy) is 3. The fourth-order valence-corrected chi connectivity index (χ4v) is 5.02. The van der Waals surface area contributed by atoms with Crippen molar-refractivity contribution < 1.29 is 23.4 Å². The second kappa shape index (κ2) is 12.0. The smallest absolute Gasteiger partial charge is 0.337 e. The highest BCUT2D eigenvalue weighted by atomic mass is 19.1. The number of carbonyl (C=O) groups is 1. The van der Waals surface area contributed by atoms with Crippen LogP contribution in [-0.4, -0.2) is 61.0 Å². The molecule has 0 saturated heterocycles. The highest BCUT2D eigenvalue weighted by Crippen LogP contribution is 2.26. The third kappa shape index (κ3) is 5.78. The lowest BCUT2D eigenvalue weighted by molar-refractivity contribution is 0.0601. The van der Waals surface area contributed by atoms with E-state index in [9.17, 15) is 9.18 Å². The zero-order chi connectivity index (χ0) is 29.9. The number of esters is 1. The maximum Gasteiger partial charge on any atom is 0.337 e. The molecule has 218 valence electrons. The van der Waals surface area contributed by atoms with Crippen molar-refractivity contribution in [3.8, 4) is 17.9 Å². The average Bonchev–Trinajstić information content (AvgIpc) is 3.70. The second-order valence-electron chi connectivity index (χ2n) is 9.96. The molecule has 13 heteroatoms. The van der Waals surface area contributed by atoms with Gasteiger partial charge in [-0.3, -0.25) is 4.90 Å². The first-order valence-electron chi connectivity index (χ1n) is 13.5. The molecule has 0 radical (unpaired) electrons. The number of fused-ring (bicyclic) bond motifs is 2. The van der Waals surface area contributed by atoms with Crippen molar-refractivity contribution in [1.29, 1.82) is 5.26 Å². The van der Waals surface area contributed by atoms with Gasteiger partial charge in [-0.25, -0.2) is 23.8 Å². The number of nitrogens with zero attached hydrogens (tertiary/aromatic N) is 8. The first kappa shape index (κ1) is 28.0. The molecule has 12 nitrogen and oxygen atoms in total. The van der Waals surface area contributed by atoms with Gasteiger partial charge in [0.25, 0.3) is 0 Å². The molecule has 0 amide bonds. The van der Waals surface area contributed by atoms with Crippen molar-refractivity contribution in [1.82, 2.24) is 34.2 Å². The Morgan fingerprint density at radius 2 is 2.00 bits per heavy atom. The summed E-state index contributed by atoms with van der Waals surface area (Å²) < 4.78 is 33.8. The van der Waals surface area contributed by atoms with E-state index in [1.807, 2.05) is 18.3 Å². The summed E-state index contributed by atoms with van der Waals surface area (Å²) in [7, 11) is 3.01. The topological polar surface area (TPSA) is 133 Å². The molecule has 5 aromatic rings. The third-order valence-electron chi connectivity index (χ3n) is 7.17. The molecule has 0 unspecified atom stereocenters. The van der Waals surface area contributed by atoms with Gasteiger partial charge in [-0.15, -0.1) is 0 Å². The number of methoxy groups -OCH3 is 2. The lowest BCUT2D eigenvalue weighted by Crippen LogP contribution is -2.20. The van der Waals surface area contributed by atoms with Crippen LogP contribution in [0.3, 0.4) is 0 Å². The first-order valence-corrected chi connectivity index (χ1v) is 13.5. The molecule has 43 heavy (non-hydrogen) atoms. The van der Waals surface area contributed by atoms with Crippen LogP contribution in [0.1, 0.15) is 38.6 Å². The Bertz CT molecular complexity index is 1840. The minimum atomic E-state index is -0.525. The van der Waals surface area contributed by atoms with Crippen molar-refractivity contribution in [3.05, 3.63) is 94.4 Å². The van der Waals surface area contributed by atoms with Crippen LogP contribution in [0.25, 0.3) is 16.9 Å². The predicted octanol–water partition coefficient (Wildman–Crippen LogP) is 3.55. The molecule has 3 aromatic heterocycles. The van der Waals surface area contributed by atoms with E-state index in [1.165, 1.54) is 25.3 Å². The van der Waals surface area contributed by atoms with E-state index >= 15 is 0 Å². The first-order chi connectivity index (χ1) is 20.9. The SMILES string of the molecule is COCCn1c(CN2Cc3cn(-c4ccnc(OCc5ccc(C#N)cc5F)n4)nc3C2)nc2ccc(C(=O)OC)cc21. The molecule has 1 aliphatic rings. The van der Waals surface area contributed by atoms with E-state index in [0.717, 1.165) is 28.1 Å². The van der Waals surface area contributed by atoms with Crippen LogP contribution in [0, 0.1) is 17.1 Å². The Labute approximate surface area is 245 Å². The molecule has 1 aliphatic heterocycles. The molecule has 0 spiro atoms. The number of benzene rings is 2. The summed E-state index contributed by atoms with van der Waals surface area (Å²) in [5.74, 6) is 0.466. The van der Waals surface area contributed by atoms with E-state index < -0.39 is 11.8 Å². The van der Waals surface area contributed by atoms with Crippen molar-refractivity contribution in [3.63, 3.8) is 0 Å². The standard InChI is InChI=1S/C30H27FN8O4/c1-41-10-9-38-26-12-20(29(40)42-2)5-6-24(26)34-28(38)17-37-14-22-15-39(36-25(22)16-37)27-7-8-33-30(35-27)43-18-21-4-3-19(13-32)11-23(21)31/h3-8,11-12,15H,9-10,14,16-18H2,1-2H3. The molecular weight excluding hydrogens is 555 g/mol.